The smallest absolute Gasteiger partial charge is 0.318 e. The highest BCUT2D eigenvalue weighted by Gasteiger charge is 2.27. The van der Waals surface area contributed by atoms with Crippen molar-refractivity contribution in [3.05, 3.63) is 0 Å². The Balaban J connectivity index is 2.47. The van der Waals surface area contributed by atoms with Crippen molar-refractivity contribution in [1.29, 1.82) is 0 Å². The second-order valence-corrected chi connectivity index (χ2v) is 5.37. The largest absolute Gasteiger partial charge is 0.481 e. The molecule has 120 valence electrons. The number of carbonyl (C=O) groups is 3. The Morgan fingerprint density at radius 2 is 1.95 bits per heavy atom. The molecule has 0 spiro atoms. The first-order valence-electron chi connectivity index (χ1n) is 6.98. The summed E-state index contributed by atoms with van der Waals surface area (Å²) in [6.45, 7) is 6.15. The van der Waals surface area contributed by atoms with Gasteiger partial charge in [-0.05, 0) is 20.8 Å². The summed E-state index contributed by atoms with van der Waals surface area (Å²) in [6, 6.07) is -1.04. The lowest BCUT2D eigenvalue weighted by molar-refractivity contribution is -0.141. The molecule has 1 rings (SSSR count). The highest BCUT2D eigenvalue weighted by molar-refractivity contribution is 5.86. The average Bonchev–Trinajstić information content (AvgIpc) is 2.37. The molecule has 0 saturated carbocycles. The SMILES string of the molecule is CC(C)NC(=O)C(C)NC(=O)N1CCOC(CC(=O)O)C1. The first-order valence-corrected chi connectivity index (χ1v) is 6.98. The van der Waals surface area contributed by atoms with Crippen molar-refractivity contribution in [3.8, 4) is 0 Å². The molecule has 1 heterocycles. The zero-order valence-electron chi connectivity index (χ0n) is 12.6. The van der Waals surface area contributed by atoms with Gasteiger partial charge < -0.3 is 25.4 Å². The number of nitrogens with zero attached hydrogens (tertiary/aromatic N) is 1. The zero-order chi connectivity index (χ0) is 16.0. The summed E-state index contributed by atoms with van der Waals surface area (Å²) >= 11 is 0. The van der Waals surface area contributed by atoms with Gasteiger partial charge in [0.2, 0.25) is 5.91 Å². The molecule has 3 N–H and O–H groups in total. The molecule has 21 heavy (non-hydrogen) atoms. The third kappa shape index (κ3) is 5.99. The van der Waals surface area contributed by atoms with Crippen LogP contribution in [-0.2, 0) is 14.3 Å². The minimum absolute atomic E-state index is 0.000172. The number of aliphatic carboxylic acids is 1. The third-order valence-electron chi connectivity index (χ3n) is 2.99. The molecule has 0 radical (unpaired) electrons. The lowest BCUT2D eigenvalue weighted by Gasteiger charge is -2.33. The standard InChI is InChI=1S/C13H23N3O5/c1-8(2)14-12(19)9(3)15-13(20)16-4-5-21-10(7-16)6-11(17)18/h8-10H,4-7H2,1-3H3,(H,14,19)(H,15,20)(H,17,18). The molecule has 8 nitrogen and oxygen atoms in total. The topological polar surface area (TPSA) is 108 Å². The number of morpholine rings is 1. The molecule has 0 aromatic heterocycles. The maximum Gasteiger partial charge on any atom is 0.318 e. The first-order chi connectivity index (χ1) is 9.79. The number of hydrogen-bond acceptors (Lipinski definition) is 4. The van der Waals surface area contributed by atoms with Gasteiger partial charge in [0.1, 0.15) is 6.04 Å². The number of ether oxygens (including phenoxy) is 1. The van der Waals surface area contributed by atoms with E-state index in [1.165, 1.54) is 4.90 Å². The van der Waals surface area contributed by atoms with Gasteiger partial charge in [0, 0.05) is 19.1 Å². The Morgan fingerprint density at radius 3 is 2.52 bits per heavy atom. The molecule has 0 aromatic rings. The van der Waals surface area contributed by atoms with E-state index >= 15 is 0 Å². The minimum atomic E-state index is -0.966. The summed E-state index contributed by atoms with van der Waals surface area (Å²) in [7, 11) is 0. The van der Waals surface area contributed by atoms with Crippen molar-refractivity contribution in [2.75, 3.05) is 19.7 Å². The second-order valence-electron chi connectivity index (χ2n) is 5.37. The van der Waals surface area contributed by atoms with E-state index in [4.69, 9.17) is 9.84 Å². The number of carboxylic acid groups (broad SMARTS) is 1. The van der Waals surface area contributed by atoms with Crippen molar-refractivity contribution >= 4 is 17.9 Å². The Bertz CT molecular complexity index is 399. The van der Waals surface area contributed by atoms with Crippen LogP contribution in [0, 0.1) is 0 Å². The van der Waals surface area contributed by atoms with Crippen LogP contribution in [0.15, 0.2) is 0 Å². The van der Waals surface area contributed by atoms with E-state index in [0.717, 1.165) is 0 Å². The van der Waals surface area contributed by atoms with Gasteiger partial charge in [-0.25, -0.2) is 4.79 Å². The van der Waals surface area contributed by atoms with Crippen LogP contribution >= 0.6 is 0 Å². The predicted molar refractivity (Wildman–Crippen MR) is 74.8 cm³/mol. The lowest BCUT2D eigenvalue weighted by Crippen LogP contribution is -2.54. The van der Waals surface area contributed by atoms with Gasteiger partial charge in [-0.1, -0.05) is 0 Å². The Labute approximate surface area is 123 Å². The van der Waals surface area contributed by atoms with Gasteiger partial charge in [0.15, 0.2) is 0 Å². The summed E-state index contributed by atoms with van der Waals surface area (Å²) < 4.78 is 5.29. The van der Waals surface area contributed by atoms with Gasteiger partial charge in [0.25, 0.3) is 0 Å². The molecule has 2 unspecified atom stereocenters. The number of hydrogen-bond donors (Lipinski definition) is 3. The fourth-order valence-electron chi connectivity index (χ4n) is 1.97. The van der Waals surface area contributed by atoms with Crippen molar-refractivity contribution in [3.63, 3.8) is 0 Å². The average molecular weight is 301 g/mol. The van der Waals surface area contributed by atoms with Gasteiger partial charge >= 0.3 is 12.0 Å². The molecular formula is C13H23N3O5. The molecule has 8 heteroatoms. The van der Waals surface area contributed by atoms with Gasteiger partial charge in [-0.2, -0.15) is 0 Å². The van der Waals surface area contributed by atoms with Crippen molar-refractivity contribution in [1.82, 2.24) is 15.5 Å². The van der Waals surface area contributed by atoms with Crippen LogP contribution < -0.4 is 10.6 Å². The highest BCUT2D eigenvalue weighted by Crippen LogP contribution is 2.09. The maximum absolute atomic E-state index is 12.1. The molecule has 1 aliphatic rings. The number of urea groups is 1. The van der Waals surface area contributed by atoms with Crippen LogP contribution in [0.4, 0.5) is 4.79 Å². The monoisotopic (exact) mass is 301 g/mol. The normalized spacial score (nSPS) is 20.0. The Hall–Kier alpha value is -1.83. The molecule has 1 fully saturated rings. The van der Waals surface area contributed by atoms with Crippen LogP contribution in [0.2, 0.25) is 0 Å². The zero-order valence-corrected chi connectivity index (χ0v) is 12.6. The number of rotatable bonds is 5. The molecular weight excluding hydrogens is 278 g/mol. The van der Waals surface area contributed by atoms with E-state index in [1.54, 1.807) is 6.92 Å². The summed E-state index contributed by atoms with van der Waals surface area (Å²) in [5.74, 6) is -1.22. The van der Waals surface area contributed by atoms with E-state index in [2.05, 4.69) is 10.6 Å². The van der Waals surface area contributed by atoms with Crippen LogP contribution in [0.25, 0.3) is 0 Å². The van der Waals surface area contributed by atoms with Crippen molar-refractivity contribution < 1.29 is 24.2 Å². The van der Waals surface area contributed by atoms with E-state index in [0.29, 0.717) is 6.54 Å². The minimum Gasteiger partial charge on any atom is -0.481 e. The van der Waals surface area contributed by atoms with Crippen molar-refractivity contribution in [2.24, 2.45) is 0 Å². The molecule has 0 aliphatic carbocycles. The third-order valence-corrected chi connectivity index (χ3v) is 2.99. The molecule has 1 aliphatic heterocycles. The first kappa shape index (κ1) is 17.2. The fourth-order valence-corrected chi connectivity index (χ4v) is 1.97. The van der Waals surface area contributed by atoms with E-state index in [1.807, 2.05) is 13.8 Å². The number of carboxylic acids is 1. The van der Waals surface area contributed by atoms with Crippen LogP contribution in [0.5, 0.6) is 0 Å². The molecule has 0 aromatic carbocycles. The Kier molecular flexibility index (Phi) is 6.41. The number of nitrogens with one attached hydrogen (secondary N) is 2. The summed E-state index contributed by atoms with van der Waals surface area (Å²) in [6.07, 6.45) is -0.658. The molecule has 3 amide bonds. The molecule has 0 bridgehead atoms. The van der Waals surface area contributed by atoms with E-state index in [-0.39, 0.29) is 37.6 Å². The fraction of sp³-hybridized carbons (Fsp3) is 0.769. The summed E-state index contributed by atoms with van der Waals surface area (Å²) in [5, 5.41) is 14.1. The lowest BCUT2D eigenvalue weighted by atomic mass is 10.2. The van der Waals surface area contributed by atoms with Crippen LogP contribution in [0.3, 0.4) is 0 Å². The van der Waals surface area contributed by atoms with Crippen LogP contribution in [0.1, 0.15) is 27.2 Å². The molecule has 2 atom stereocenters. The Morgan fingerprint density at radius 1 is 1.29 bits per heavy atom. The molecule has 1 saturated heterocycles. The number of carbonyl (C=O) groups excluding carboxylic acids is 2. The maximum atomic E-state index is 12.1. The number of amides is 3. The van der Waals surface area contributed by atoms with Crippen LogP contribution in [-0.4, -0.2) is 65.8 Å². The summed E-state index contributed by atoms with van der Waals surface area (Å²) in [4.78, 5) is 35.9. The predicted octanol–water partition coefficient (Wildman–Crippen LogP) is -0.215. The summed E-state index contributed by atoms with van der Waals surface area (Å²) in [5.41, 5.74) is 0. The van der Waals surface area contributed by atoms with E-state index in [9.17, 15) is 14.4 Å². The highest BCUT2D eigenvalue weighted by atomic mass is 16.5. The van der Waals surface area contributed by atoms with E-state index < -0.39 is 18.1 Å². The quantitative estimate of drug-likeness (QED) is 0.651. The van der Waals surface area contributed by atoms with Gasteiger partial charge in [-0.15, -0.1) is 0 Å². The second kappa shape index (κ2) is 7.82. The van der Waals surface area contributed by atoms with Gasteiger partial charge in [-0.3, -0.25) is 9.59 Å². The van der Waals surface area contributed by atoms with Crippen molar-refractivity contribution in [2.45, 2.75) is 45.4 Å². The van der Waals surface area contributed by atoms with Gasteiger partial charge in [0.05, 0.1) is 19.1 Å².